The minimum atomic E-state index is -4.88. The minimum absolute atomic E-state index is 0.112. The first-order chi connectivity index (χ1) is 68.9. The summed E-state index contributed by atoms with van der Waals surface area (Å²) < 4.78 is 56.1. The van der Waals surface area contributed by atoms with Gasteiger partial charge in [-0.1, -0.05) is 245 Å². The minimum Gasteiger partial charge on any atom is -0.459 e. The smallest absolute Gasteiger partial charge is 0.459 e. The van der Waals surface area contributed by atoms with E-state index in [9.17, 15) is 46.7 Å². The number of rotatable bonds is 23. The molecule has 6 aromatic carbocycles. The van der Waals surface area contributed by atoms with Crippen molar-refractivity contribution in [3.05, 3.63) is 404 Å². The van der Waals surface area contributed by atoms with Crippen molar-refractivity contribution in [3.63, 3.8) is 0 Å². The summed E-state index contributed by atoms with van der Waals surface area (Å²) in [5.41, 5.74) is 10.6. The molecule has 5 aliphatic rings. The fourth-order valence-corrected chi connectivity index (χ4v) is 16.4. The van der Waals surface area contributed by atoms with Crippen LogP contribution in [0.15, 0.2) is 320 Å². The summed E-state index contributed by atoms with van der Waals surface area (Å²) in [5, 5.41) is 33.9. The van der Waals surface area contributed by atoms with Gasteiger partial charge in [0.1, 0.15) is 5.75 Å². The number of para-hydroxylation sites is 1. The molecule has 0 unspecified atom stereocenters. The third-order valence-electron chi connectivity index (χ3n) is 23.3. The summed E-state index contributed by atoms with van der Waals surface area (Å²) in [7, 11) is 0. The van der Waals surface area contributed by atoms with Crippen LogP contribution in [-0.4, -0.2) is 116 Å². The normalized spacial score (nSPS) is 14.3. The molecule has 0 amide bonds. The third-order valence-corrected chi connectivity index (χ3v) is 24.9. The van der Waals surface area contributed by atoms with Gasteiger partial charge in [-0.3, -0.25) is 33.6 Å². The molecule has 0 saturated heterocycles. The van der Waals surface area contributed by atoms with E-state index < -0.39 is 18.0 Å². The average molecular weight is 1920 g/mol. The monoisotopic (exact) mass is 1920 g/mol. The maximum absolute atomic E-state index is 12.5. The lowest BCUT2D eigenvalue weighted by molar-refractivity contribution is -0.274. The first-order valence-corrected chi connectivity index (χ1v) is 48.8. The standard InChI is InChI=1S/C19H13F3N2O2.2C18H20N2O.C16H16N2O.C15H14N2O.C14H10N2O2S.C13H12N2OS/c20-19(21,22)26-17-9-5-4-8-16(17)18(25)24-13-12-15(23-24)11-10-14-6-2-1-3-7-14;21-18(16-9-5-2-6-10-16)20-14-13-17(19-20)12-11-15-7-3-1-4-8-15;21-18(14-16-8-4-5-9-16)20-13-12-17(19-20)11-10-15-6-2-1-3-7-15;19-16(14-7-4-8-14)18-12-11-15(17-18)10-9-13-5-2-1-3-6-13;18-15(13-7-8-13)17-11-10-14(16-17)9-6-12-4-2-1-3-5-12;17-14(13-4-1-9-18-13)16-8-7-11(15-16)5-6-12-3-2-10-19-12;16-13(10-3-4-10)15-8-7-11(14-15)5-6-12-2-1-9-17-12/h1-13H;1,3-4,7-8,11-14,16H,2,5-6,9-10H2;1-3,6-7,10-13,16H,4-5,8-9,14H2;1-3,5-6,9-12,14H,4,7-8H2;1-6,9-11,13H,7-8H2;1-10H;1-2,5-10H,3-4H2/b11-10+;12-11+;11-10+;10-9+;9-6+;2*6-5+. The molecular weight excluding hydrogens is 1820 g/mol. The number of halogens is 3. The van der Waals surface area contributed by atoms with Crippen molar-refractivity contribution in [2.45, 2.75) is 116 Å². The Morgan fingerprint density at radius 1 is 0.305 bits per heavy atom. The molecule has 0 spiro atoms. The number of hydrogen-bond acceptors (Lipinski definition) is 18. The Labute approximate surface area is 823 Å². The van der Waals surface area contributed by atoms with Crippen molar-refractivity contribution in [1.29, 1.82) is 0 Å². The lowest BCUT2D eigenvalue weighted by Gasteiger charge is -2.22. The van der Waals surface area contributed by atoms with E-state index in [1.54, 1.807) is 90.2 Å². The van der Waals surface area contributed by atoms with Crippen LogP contribution < -0.4 is 4.74 Å². The van der Waals surface area contributed by atoms with E-state index >= 15 is 0 Å². The van der Waals surface area contributed by atoms with Gasteiger partial charge in [0.2, 0.25) is 29.5 Å². The molecule has 21 rings (SSSR count). The van der Waals surface area contributed by atoms with Crippen molar-refractivity contribution in [1.82, 2.24) is 68.5 Å². The lowest BCUT2D eigenvalue weighted by Crippen LogP contribution is -2.27. The Balaban J connectivity index is 0.000000125. The Morgan fingerprint density at radius 3 is 0.936 bits per heavy atom. The topological polar surface area (TPSA) is 267 Å². The van der Waals surface area contributed by atoms with Gasteiger partial charge in [0.05, 0.1) is 51.7 Å². The van der Waals surface area contributed by atoms with Crippen molar-refractivity contribution in [2.75, 3.05) is 0 Å². The number of benzene rings is 6. The molecule has 0 radical (unpaired) electrons. The maximum atomic E-state index is 12.5. The molecule has 16 aromatic rings. The van der Waals surface area contributed by atoms with E-state index in [2.05, 4.69) is 40.4 Å². The van der Waals surface area contributed by atoms with Crippen LogP contribution in [0, 0.1) is 29.6 Å². The summed E-state index contributed by atoms with van der Waals surface area (Å²) >= 11 is 3.33. The highest BCUT2D eigenvalue weighted by molar-refractivity contribution is 7.11. The van der Waals surface area contributed by atoms with E-state index in [0.717, 1.165) is 129 Å². The van der Waals surface area contributed by atoms with Crippen LogP contribution in [0.2, 0.25) is 0 Å². The van der Waals surface area contributed by atoms with Gasteiger partial charge in [-0.15, -0.1) is 35.8 Å². The number of hydrogen-bond donors (Lipinski definition) is 0. The molecule has 5 saturated carbocycles. The van der Waals surface area contributed by atoms with Crippen molar-refractivity contribution in [3.8, 4) is 5.75 Å². The SMILES string of the molecule is O=C(C1CC1)n1ccc(/C=C/c2ccccc2)n1.O=C(C1CC1)n1ccc(/C=C/c2cccs2)n1.O=C(C1CCC1)n1ccc(/C=C/c2ccccc2)n1.O=C(C1CCCCC1)n1ccc(/C=C/c2ccccc2)n1.O=C(CC1CCCC1)n1ccc(/C=C/c2ccccc2)n1.O=C(c1ccccc1OC(F)(F)F)n1ccc(/C=C/c2ccccc2)n1.O=C(c1ccco1)n1ccc(/C=C/c2cccs2)n1. The van der Waals surface area contributed by atoms with E-state index in [-0.39, 0.29) is 70.4 Å². The predicted octanol–water partition coefficient (Wildman–Crippen LogP) is 26.3. The summed E-state index contributed by atoms with van der Waals surface area (Å²) in [5.74, 6) is 0.667. The van der Waals surface area contributed by atoms with Crippen LogP contribution in [0.4, 0.5) is 13.2 Å². The van der Waals surface area contributed by atoms with Gasteiger partial charge in [0.25, 0.3) is 5.91 Å². The number of furan rings is 1. The molecule has 28 heteroatoms. The molecule has 5 fully saturated rings. The highest BCUT2D eigenvalue weighted by Crippen LogP contribution is 2.34. The first-order valence-electron chi connectivity index (χ1n) is 47.0. The van der Waals surface area contributed by atoms with Gasteiger partial charge in [-0.2, -0.15) is 35.7 Å². The van der Waals surface area contributed by atoms with Gasteiger partial charge >= 0.3 is 12.3 Å². The fraction of sp³-hybridized carbons (Fsp3) is 0.204. The molecule has 141 heavy (non-hydrogen) atoms. The lowest BCUT2D eigenvalue weighted by atomic mass is 9.85. The number of nitrogens with zero attached hydrogens (tertiary/aromatic N) is 14. The van der Waals surface area contributed by atoms with Gasteiger partial charge in [0, 0.05) is 83.2 Å². The Kier molecular flexibility index (Phi) is 35.8. The fourth-order valence-electron chi connectivity index (χ4n) is 15.1. The average Bonchev–Trinajstić information content (AvgIpc) is 1.79. The number of ether oxygens (including phenoxy) is 1. The van der Waals surface area contributed by atoms with E-state index in [1.165, 1.54) is 115 Å². The number of carbonyl (C=O) groups is 7. The van der Waals surface area contributed by atoms with Crippen LogP contribution in [0.25, 0.3) is 85.1 Å². The van der Waals surface area contributed by atoms with E-state index in [4.69, 9.17) is 4.42 Å². The van der Waals surface area contributed by atoms with Gasteiger partial charge in [-0.05, 0) is 242 Å². The second-order valence-electron chi connectivity index (χ2n) is 34.0. The zero-order valence-corrected chi connectivity index (χ0v) is 79.0. The summed E-state index contributed by atoms with van der Waals surface area (Å²) in [6.45, 7) is 0. The molecule has 0 bridgehead atoms. The van der Waals surface area contributed by atoms with Crippen molar-refractivity contribution in [2.24, 2.45) is 29.6 Å². The molecule has 23 nitrogen and oxygen atoms in total. The Bertz CT molecular complexity index is 6920. The number of thiophene rings is 2. The zero-order chi connectivity index (χ0) is 97.8. The molecule has 10 heterocycles. The molecule has 714 valence electrons. The van der Waals surface area contributed by atoms with Gasteiger partial charge < -0.3 is 9.15 Å². The molecule has 5 aliphatic carbocycles. The van der Waals surface area contributed by atoms with Crippen LogP contribution in [0.5, 0.6) is 5.75 Å². The van der Waals surface area contributed by atoms with Crippen molar-refractivity contribution >= 4 is 149 Å². The second-order valence-corrected chi connectivity index (χ2v) is 35.9. The maximum Gasteiger partial charge on any atom is 0.573 e. The van der Waals surface area contributed by atoms with Crippen LogP contribution >= 0.6 is 22.7 Å². The Hall–Kier alpha value is -16.1. The largest absolute Gasteiger partial charge is 0.573 e. The second kappa shape index (κ2) is 50.8. The Morgan fingerprint density at radius 2 is 0.610 bits per heavy atom. The zero-order valence-electron chi connectivity index (χ0n) is 77.4. The summed E-state index contributed by atoms with van der Waals surface area (Å²) in [6, 6.07) is 79.0. The van der Waals surface area contributed by atoms with Crippen LogP contribution in [0.3, 0.4) is 0 Å². The van der Waals surface area contributed by atoms with Gasteiger partial charge in [0.15, 0.2) is 5.76 Å². The predicted molar refractivity (Wildman–Crippen MR) is 549 cm³/mol. The summed E-state index contributed by atoms with van der Waals surface area (Å²) in [6.07, 6.45) is 53.8. The number of carbonyl (C=O) groups excluding carboxylic acids is 7. The van der Waals surface area contributed by atoms with Crippen molar-refractivity contribution < 1.29 is 55.9 Å². The number of aromatic nitrogens is 14. The first kappa shape index (κ1) is 99.4. The molecule has 10 aromatic heterocycles. The summed E-state index contributed by atoms with van der Waals surface area (Å²) in [4.78, 5) is 86.8. The quantitative estimate of drug-likeness (QED) is 0.0576. The molecular formula is C113H105F3N14O9S2. The van der Waals surface area contributed by atoms with E-state index in [0.29, 0.717) is 18.0 Å². The van der Waals surface area contributed by atoms with E-state index in [1.807, 2.05) is 296 Å². The number of alkyl halides is 3. The third kappa shape index (κ3) is 31.5. The van der Waals surface area contributed by atoms with Crippen LogP contribution in [-0.2, 0) is 0 Å². The highest BCUT2D eigenvalue weighted by Gasteiger charge is 2.35. The van der Waals surface area contributed by atoms with Crippen LogP contribution in [0.1, 0.15) is 231 Å². The molecule has 0 N–H and O–H groups in total. The molecule has 0 aliphatic heterocycles. The van der Waals surface area contributed by atoms with Gasteiger partial charge in [-0.25, -0.2) is 32.8 Å². The highest BCUT2D eigenvalue weighted by atomic mass is 32.1. The molecule has 0 atom stereocenters.